The van der Waals surface area contributed by atoms with Crippen LogP contribution in [0.3, 0.4) is 0 Å². The third-order valence-corrected chi connectivity index (χ3v) is 2.92. The molecule has 0 aromatic heterocycles. The number of nitrogens with one attached hydrogen (secondary N) is 1. The van der Waals surface area contributed by atoms with E-state index in [1.54, 1.807) is 31.2 Å². The fourth-order valence-corrected chi connectivity index (χ4v) is 1.86. The number of amides is 1. The largest absolute Gasteiger partial charge is 0.374 e. The molecule has 0 saturated heterocycles. The molecule has 1 atom stereocenters. The Labute approximate surface area is 115 Å². The van der Waals surface area contributed by atoms with Crippen LogP contribution in [0.4, 0.5) is 14.5 Å². The first kappa shape index (κ1) is 14.0. The molecule has 0 radical (unpaired) electrons. The predicted molar refractivity (Wildman–Crippen MR) is 74.1 cm³/mol. The lowest BCUT2D eigenvalue weighted by molar-refractivity contribution is -0.118. The van der Waals surface area contributed by atoms with Crippen LogP contribution in [0.25, 0.3) is 11.1 Å². The van der Waals surface area contributed by atoms with E-state index in [-0.39, 0.29) is 5.56 Å². The first-order valence-electron chi connectivity index (χ1n) is 6.09. The van der Waals surface area contributed by atoms with Crippen molar-refractivity contribution < 1.29 is 13.6 Å². The molecule has 3 N–H and O–H groups in total. The van der Waals surface area contributed by atoms with Crippen LogP contribution in [0, 0.1) is 11.6 Å². The van der Waals surface area contributed by atoms with Crippen molar-refractivity contribution in [1.29, 1.82) is 0 Å². The zero-order chi connectivity index (χ0) is 14.7. The van der Waals surface area contributed by atoms with Crippen molar-refractivity contribution >= 4 is 11.6 Å². The van der Waals surface area contributed by atoms with E-state index in [9.17, 15) is 13.6 Å². The van der Waals surface area contributed by atoms with Gasteiger partial charge in [0, 0.05) is 5.69 Å². The number of halogens is 2. The Kier molecular flexibility index (Phi) is 3.98. The quantitative estimate of drug-likeness (QED) is 0.902. The highest BCUT2D eigenvalue weighted by molar-refractivity contribution is 5.83. The van der Waals surface area contributed by atoms with Crippen molar-refractivity contribution in [2.45, 2.75) is 13.0 Å². The number of nitrogens with two attached hydrogens (primary N) is 1. The first-order valence-corrected chi connectivity index (χ1v) is 6.09. The van der Waals surface area contributed by atoms with Gasteiger partial charge in [-0.1, -0.05) is 18.2 Å². The van der Waals surface area contributed by atoms with Gasteiger partial charge in [0.25, 0.3) is 0 Å². The molecule has 3 nitrogen and oxygen atoms in total. The van der Waals surface area contributed by atoms with Gasteiger partial charge in [0.2, 0.25) is 5.91 Å². The van der Waals surface area contributed by atoms with Crippen LogP contribution in [0.2, 0.25) is 0 Å². The lowest BCUT2D eigenvalue weighted by atomic mass is 10.0. The van der Waals surface area contributed by atoms with Gasteiger partial charge >= 0.3 is 0 Å². The third-order valence-electron chi connectivity index (χ3n) is 2.92. The molecular weight excluding hydrogens is 262 g/mol. The first-order chi connectivity index (χ1) is 9.49. The average molecular weight is 276 g/mol. The minimum absolute atomic E-state index is 0.0946. The van der Waals surface area contributed by atoms with Crippen molar-refractivity contribution in [3.8, 4) is 11.1 Å². The Morgan fingerprint density at radius 1 is 1.15 bits per heavy atom. The van der Waals surface area contributed by atoms with Gasteiger partial charge in [0.1, 0.15) is 17.7 Å². The molecule has 104 valence electrons. The van der Waals surface area contributed by atoms with E-state index in [4.69, 9.17) is 5.73 Å². The summed E-state index contributed by atoms with van der Waals surface area (Å²) in [5.41, 5.74) is 6.02. The molecule has 0 bridgehead atoms. The van der Waals surface area contributed by atoms with Crippen LogP contribution in [-0.2, 0) is 4.79 Å². The van der Waals surface area contributed by atoms with Gasteiger partial charge in [0.05, 0.1) is 5.56 Å². The fourth-order valence-electron chi connectivity index (χ4n) is 1.86. The zero-order valence-corrected chi connectivity index (χ0v) is 10.9. The molecule has 2 rings (SSSR count). The molecule has 2 aromatic carbocycles. The monoisotopic (exact) mass is 276 g/mol. The maximum Gasteiger partial charge on any atom is 0.239 e. The standard InChI is InChI=1S/C15H14F2N2O/c1-9(15(18)20)19-11-5-2-4-10(8-11)14-12(16)6-3-7-13(14)17/h2-9,19H,1H3,(H2,18,20)/t9-/m1/s1. The summed E-state index contributed by atoms with van der Waals surface area (Å²) in [7, 11) is 0. The molecule has 1 amide bonds. The molecule has 0 unspecified atom stereocenters. The molecule has 0 aliphatic heterocycles. The number of anilines is 1. The second-order valence-electron chi connectivity index (χ2n) is 4.45. The van der Waals surface area contributed by atoms with Crippen molar-refractivity contribution in [1.82, 2.24) is 0 Å². The van der Waals surface area contributed by atoms with Crippen LogP contribution < -0.4 is 11.1 Å². The highest BCUT2D eigenvalue weighted by atomic mass is 19.1. The molecule has 0 saturated carbocycles. The highest BCUT2D eigenvalue weighted by Gasteiger charge is 2.12. The van der Waals surface area contributed by atoms with Crippen molar-refractivity contribution in [3.05, 3.63) is 54.1 Å². The Morgan fingerprint density at radius 2 is 1.75 bits per heavy atom. The lowest BCUT2D eigenvalue weighted by Crippen LogP contribution is -2.32. The van der Waals surface area contributed by atoms with Gasteiger partial charge in [-0.3, -0.25) is 4.79 Å². The summed E-state index contributed by atoms with van der Waals surface area (Å²) in [6.45, 7) is 1.61. The summed E-state index contributed by atoms with van der Waals surface area (Å²) in [5, 5.41) is 2.87. The SMILES string of the molecule is C[C@@H](Nc1cccc(-c2c(F)cccc2F)c1)C(N)=O. The maximum atomic E-state index is 13.7. The van der Waals surface area contributed by atoms with Crippen molar-refractivity contribution in [3.63, 3.8) is 0 Å². The highest BCUT2D eigenvalue weighted by Crippen LogP contribution is 2.28. The third kappa shape index (κ3) is 2.93. The van der Waals surface area contributed by atoms with Crippen LogP contribution in [-0.4, -0.2) is 11.9 Å². The predicted octanol–water partition coefficient (Wildman–Crippen LogP) is 2.92. The minimum Gasteiger partial charge on any atom is -0.374 e. The summed E-state index contributed by atoms with van der Waals surface area (Å²) in [4.78, 5) is 11.0. The van der Waals surface area contributed by atoms with Crippen LogP contribution in [0.15, 0.2) is 42.5 Å². The van der Waals surface area contributed by atoms with E-state index in [0.717, 1.165) is 0 Å². The molecule has 0 spiro atoms. The molecule has 0 aliphatic rings. The van der Waals surface area contributed by atoms with Crippen molar-refractivity contribution in [2.24, 2.45) is 5.73 Å². The van der Waals surface area contributed by atoms with Crippen LogP contribution in [0.1, 0.15) is 6.92 Å². The van der Waals surface area contributed by atoms with Gasteiger partial charge in [-0.15, -0.1) is 0 Å². The van der Waals surface area contributed by atoms with E-state index >= 15 is 0 Å². The number of hydrogen-bond acceptors (Lipinski definition) is 2. The molecule has 20 heavy (non-hydrogen) atoms. The number of benzene rings is 2. The molecular formula is C15H14F2N2O. The lowest BCUT2D eigenvalue weighted by Gasteiger charge is -2.13. The maximum absolute atomic E-state index is 13.7. The molecule has 5 heteroatoms. The topological polar surface area (TPSA) is 55.1 Å². The van der Waals surface area contributed by atoms with Crippen LogP contribution >= 0.6 is 0 Å². The van der Waals surface area contributed by atoms with E-state index in [1.165, 1.54) is 18.2 Å². The van der Waals surface area contributed by atoms with E-state index < -0.39 is 23.6 Å². The van der Waals surface area contributed by atoms with Gasteiger partial charge < -0.3 is 11.1 Å². The van der Waals surface area contributed by atoms with E-state index in [2.05, 4.69) is 5.32 Å². The Bertz CT molecular complexity index is 623. The fraction of sp³-hybridized carbons (Fsp3) is 0.133. The average Bonchev–Trinajstić information content (AvgIpc) is 2.38. The molecule has 0 fully saturated rings. The summed E-state index contributed by atoms with van der Waals surface area (Å²) >= 11 is 0. The summed E-state index contributed by atoms with van der Waals surface area (Å²) < 4.78 is 27.4. The van der Waals surface area contributed by atoms with Gasteiger partial charge in [0.15, 0.2) is 0 Å². The number of carbonyl (C=O) groups is 1. The second kappa shape index (κ2) is 5.69. The smallest absolute Gasteiger partial charge is 0.239 e. The summed E-state index contributed by atoms with van der Waals surface area (Å²) in [6.07, 6.45) is 0. The Hall–Kier alpha value is -2.43. The summed E-state index contributed by atoms with van der Waals surface area (Å²) in [5.74, 6) is -1.78. The van der Waals surface area contributed by atoms with Gasteiger partial charge in [-0.05, 0) is 36.8 Å². The second-order valence-corrected chi connectivity index (χ2v) is 4.45. The van der Waals surface area contributed by atoms with E-state index in [0.29, 0.717) is 11.3 Å². The molecule has 0 heterocycles. The van der Waals surface area contributed by atoms with Crippen molar-refractivity contribution in [2.75, 3.05) is 5.32 Å². The molecule has 2 aromatic rings. The van der Waals surface area contributed by atoms with E-state index in [1.807, 2.05) is 0 Å². The van der Waals surface area contributed by atoms with Gasteiger partial charge in [-0.25, -0.2) is 8.78 Å². The number of hydrogen-bond donors (Lipinski definition) is 2. The number of rotatable bonds is 4. The normalized spacial score (nSPS) is 11.9. The number of carbonyl (C=O) groups excluding carboxylic acids is 1. The Balaban J connectivity index is 2.37. The zero-order valence-electron chi connectivity index (χ0n) is 10.9. The molecule has 0 aliphatic carbocycles. The Morgan fingerprint density at radius 3 is 2.35 bits per heavy atom. The minimum atomic E-state index is -0.634. The number of primary amides is 1. The van der Waals surface area contributed by atoms with Crippen LogP contribution in [0.5, 0.6) is 0 Å². The van der Waals surface area contributed by atoms with Gasteiger partial charge in [-0.2, -0.15) is 0 Å². The summed E-state index contributed by atoms with van der Waals surface area (Å²) in [6, 6.07) is 9.65.